The molecule has 0 amide bonds. The van der Waals surface area contributed by atoms with Crippen LogP contribution in [0.15, 0.2) is 4.52 Å². The normalized spacial score (nSPS) is 12.8. The average molecular weight is 184 g/mol. The molecular weight excluding hydrogens is 172 g/mol. The van der Waals surface area contributed by atoms with Crippen molar-refractivity contribution in [2.24, 2.45) is 5.73 Å². The smallest absolute Gasteiger partial charge is 0.305 e. The van der Waals surface area contributed by atoms with Crippen LogP contribution in [-0.4, -0.2) is 16.2 Å². The highest BCUT2D eigenvalue weighted by molar-refractivity contribution is 5.67. The summed E-state index contributed by atoms with van der Waals surface area (Å²) in [5.41, 5.74) is 7.17. The number of nitrogens with two attached hydrogens (primary N) is 1. The summed E-state index contributed by atoms with van der Waals surface area (Å²) in [6, 6.07) is -0.612. The first-order valence-electron chi connectivity index (χ1n) is 3.92. The minimum atomic E-state index is -0.944. The molecule has 0 saturated carbocycles. The van der Waals surface area contributed by atoms with E-state index in [0.29, 0.717) is 5.76 Å². The molecule has 3 N–H and O–H groups in total. The molecule has 0 bridgehead atoms. The lowest BCUT2D eigenvalue weighted by Crippen LogP contribution is -2.15. The van der Waals surface area contributed by atoms with Crippen molar-refractivity contribution in [3.05, 3.63) is 17.0 Å². The predicted octanol–water partition coefficient (Wildman–Crippen LogP) is 0.766. The van der Waals surface area contributed by atoms with Crippen LogP contribution in [0.25, 0.3) is 0 Å². The van der Waals surface area contributed by atoms with Gasteiger partial charge in [-0.1, -0.05) is 5.16 Å². The molecule has 13 heavy (non-hydrogen) atoms. The number of aliphatic carboxylic acids is 1. The summed E-state index contributed by atoms with van der Waals surface area (Å²) in [5.74, 6) is -0.485. The third-order valence-electron chi connectivity index (χ3n) is 1.92. The van der Waals surface area contributed by atoms with Gasteiger partial charge in [0, 0.05) is 5.56 Å². The number of carbonyl (C=O) groups is 1. The highest BCUT2D eigenvalue weighted by Gasteiger charge is 2.18. The number of hydrogen-bond donors (Lipinski definition) is 2. The highest BCUT2D eigenvalue weighted by Crippen LogP contribution is 2.20. The van der Waals surface area contributed by atoms with Crippen LogP contribution in [-0.2, 0) is 4.79 Å². The van der Waals surface area contributed by atoms with Gasteiger partial charge in [-0.05, 0) is 13.8 Å². The van der Waals surface area contributed by atoms with Crippen molar-refractivity contribution in [1.82, 2.24) is 5.16 Å². The molecule has 1 atom stereocenters. The van der Waals surface area contributed by atoms with Gasteiger partial charge < -0.3 is 15.4 Å². The van der Waals surface area contributed by atoms with Crippen LogP contribution in [0, 0.1) is 13.8 Å². The second kappa shape index (κ2) is 3.57. The van der Waals surface area contributed by atoms with E-state index in [1.54, 1.807) is 6.92 Å². The van der Waals surface area contributed by atoms with Crippen molar-refractivity contribution >= 4 is 5.97 Å². The summed E-state index contributed by atoms with van der Waals surface area (Å²) >= 11 is 0. The summed E-state index contributed by atoms with van der Waals surface area (Å²) < 4.78 is 4.92. The van der Waals surface area contributed by atoms with Crippen LogP contribution in [0.1, 0.15) is 29.5 Å². The number of carboxylic acids is 1. The van der Waals surface area contributed by atoms with Crippen LogP contribution < -0.4 is 5.73 Å². The quantitative estimate of drug-likeness (QED) is 0.724. The lowest BCUT2D eigenvalue weighted by Gasteiger charge is -2.04. The van der Waals surface area contributed by atoms with Gasteiger partial charge >= 0.3 is 5.97 Å². The van der Waals surface area contributed by atoms with Crippen LogP contribution in [0.2, 0.25) is 0 Å². The Kier molecular flexibility index (Phi) is 2.67. The molecule has 1 aromatic heterocycles. The molecule has 0 spiro atoms. The molecular formula is C8H12N2O3. The van der Waals surface area contributed by atoms with Crippen molar-refractivity contribution in [3.63, 3.8) is 0 Å². The number of carboxylic acid groups (broad SMARTS) is 1. The molecule has 0 fully saturated rings. The summed E-state index contributed by atoms with van der Waals surface area (Å²) in [7, 11) is 0. The molecule has 1 aromatic rings. The number of rotatable bonds is 3. The van der Waals surface area contributed by atoms with E-state index in [2.05, 4.69) is 5.16 Å². The van der Waals surface area contributed by atoms with Gasteiger partial charge in [-0.2, -0.15) is 0 Å². The van der Waals surface area contributed by atoms with Gasteiger partial charge in [0.15, 0.2) is 5.76 Å². The Labute approximate surface area is 75.5 Å². The minimum Gasteiger partial charge on any atom is -0.481 e. The van der Waals surface area contributed by atoms with Crippen molar-refractivity contribution in [1.29, 1.82) is 0 Å². The van der Waals surface area contributed by atoms with E-state index in [9.17, 15) is 4.79 Å². The number of hydrogen-bond acceptors (Lipinski definition) is 4. The van der Waals surface area contributed by atoms with E-state index in [1.165, 1.54) is 0 Å². The first kappa shape index (κ1) is 9.73. The van der Waals surface area contributed by atoms with E-state index in [0.717, 1.165) is 11.3 Å². The lowest BCUT2D eigenvalue weighted by molar-refractivity contribution is -0.137. The maximum absolute atomic E-state index is 10.4. The topological polar surface area (TPSA) is 89.4 Å². The van der Waals surface area contributed by atoms with Crippen molar-refractivity contribution in [2.75, 3.05) is 0 Å². The molecule has 1 unspecified atom stereocenters. The molecule has 0 aliphatic heterocycles. The van der Waals surface area contributed by atoms with Crippen LogP contribution in [0.4, 0.5) is 0 Å². The van der Waals surface area contributed by atoms with E-state index in [4.69, 9.17) is 15.4 Å². The maximum atomic E-state index is 10.4. The maximum Gasteiger partial charge on any atom is 0.305 e. The van der Waals surface area contributed by atoms with Crippen molar-refractivity contribution < 1.29 is 14.4 Å². The van der Waals surface area contributed by atoms with Crippen molar-refractivity contribution in [2.45, 2.75) is 26.3 Å². The number of aromatic nitrogens is 1. The minimum absolute atomic E-state index is 0.143. The van der Waals surface area contributed by atoms with Gasteiger partial charge in [-0.25, -0.2) is 0 Å². The fourth-order valence-electron chi connectivity index (χ4n) is 1.06. The standard InChI is InChI=1S/C8H12N2O3/c1-4-5(2)10-13-8(4)6(9)3-7(11)12/h6H,3,9H2,1-2H3,(H,11,12). The SMILES string of the molecule is Cc1noc(C(N)CC(=O)O)c1C. The van der Waals surface area contributed by atoms with Crippen molar-refractivity contribution in [3.8, 4) is 0 Å². The Bertz CT molecular complexity index is 319. The molecule has 0 saturated heterocycles. The molecule has 72 valence electrons. The average Bonchev–Trinajstić information content (AvgIpc) is 2.31. The third kappa shape index (κ3) is 2.06. The fourth-order valence-corrected chi connectivity index (χ4v) is 1.06. The molecule has 0 aliphatic rings. The summed E-state index contributed by atoms with van der Waals surface area (Å²) in [4.78, 5) is 10.4. The van der Waals surface area contributed by atoms with E-state index < -0.39 is 12.0 Å². The number of aryl methyl sites for hydroxylation is 1. The van der Waals surface area contributed by atoms with E-state index >= 15 is 0 Å². The molecule has 5 nitrogen and oxygen atoms in total. The first-order valence-corrected chi connectivity index (χ1v) is 3.92. The summed E-state index contributed by atoms with van der Waals surface area (Å²) in [6.07, 6.45) is -0.143. The second-order valence-corrected chi connectivity index (χ2v) is 2.96. The zero-order valence-corrected chi connectivity index (χ0v) is 7.57. The number of nitrogens with zero attached hydrogens (tertiary/aromatic N) is 1. The fraction of sp³-hybridized carbons (Fsp3) is 0.500. The molecule has 1 rings (SSSR count). The lowest BCUT2D eigenvalue weighted by atomic mass is 10.1. The van der Waals surface area contributed by atoms with Gasteiger partial charge in [-0.3, -0.25) is 4.79 Å². The second-order valence-electron chi connectivity index (χ2n) is 2.96. The van der Waals surface area contributed by atoms with Gasteiger partial charge in [0.1, 0.15) is 0 Å². The summed E-state index contributed by atoms with van der Waals surface area (Å²) in [6.45, 7) is 3.60. The Morgan fingerprint density at radius 1 is 1.69 bits per heavy atom. The van der Waals surface area contributed by atoms with E-state index in [1.807, 2.05) is 6.92 Å². The highest BCUT2D eigenvalue weighted by atomic mass is 16.5. The third-order valence-corrected chi connectivity index (χ3v) is 1.92. The van der Waals surface area contributed by atoms with Crippen LogP contribution in [0.3, 0.4) is 0 Å². The zero-order valence-electron chi connectivity index (χ0n) is 7.57. The Balaban J connectivity index is 2.82. The molecule has 5 heteroatoms. The molecule has 0 aliphatic carbocycles. The Morgan fingerprint density at radius 3 is 2.69 bits per heavy atom. The molecule has 0 aromatic carbocycles. The van der Waals surface area contributed by atoms with Gasteiger partial charge in [0.05, 0.1) is 18.2 Å². The molecule has 1 heterocycles. The summed E-state index contributed by atoms with van der Waals surface area (Å²) in [5, 5.41) is 12.2. The zero-order chi connectivity index (χ0) is 10.0. The molecule has 0 radical (unpaired) electrons. The van der Waals surface area contributed by atoms with Crippen LogP contribution >= 0.6 is 0 Å². The van der Waals surface area contributed by atoms with Gasteiger partial charge in [0.25, 0.3) is 0 Å². The Morgan fingerprint density at radius 2 is 2.31 bits per heavy atom. The Hall–Kier alpha value is -1.36. The first-order chi connectivity index (χ1) is 6.02. The van der Waals surface area contributed by atoms with Gasteiger partial charge in [0.2, 0.25) is 0 Å². The monoisotopic (exact) mass is 184 g/mol. The van der Waals surface area contributed by atoms with E-state index in [-0.39, 0.29) is 6.42 Å². The predicted molar refractivity (Wildman–Crippen MR) is 45.2 cm³/mol. The van der Waals surface area contributed by atoms with Crippen LogP contribution in [0.5, 0.6) is 0 Å². The largest absolute Gasteiger partial charge is 0.481 e. The van der Waals surface area contributed by atoms with Gasteiger partial charge in [-0.15, -0.1) is 0 Å².